The molecule has 7 nitrogen and oxygen atoms in total. The normalized spacial score (nSPS) is 10.8. The van der Waals surface area contributed by atoms with Crippen LogP contribution in [-0.4, -0.2) is 41.7 Å². The predicted octanol–water partition coefficient (Wildman–Crippen LogP) is 3.59. The van der Waals surface area contributed by atoms with E-state index >= 15 is 0 Å². The van der Waals surface area contributed by atoms with Gasteiger partial charge in [-0.1, -0.05) is 6.92 Å². The van der Waals surface area contributed by atoms with Crippen LogP contribution in [-0.2, 0) is 12.4 Å². The number of nitrogens with zero attached hydrogens (tertiary/aromatic N) is 3. The van der Waals surface area contributed by atoms with Gasteiger partial charge in [0.05, 0.1) is 33.2 Å². The summed E-state index contributed by atoms with van der Waals surface area (Å²) in [5.74, 6) is 4.25. The van der Waals surface area contributed by atoms with E-state index in [-0.39, 0.29) is 0 Å². The van der Waals surface area contributed by atoms with Crippen molar-refractivity contribution in [3.05, 3.63) is 41.7 Å². The molecule has 0 saturated heterocycles. The molecular formula is C19H23N3O4S. The van der Waals surface area contributed by atoms with Gasteiger partial charge in [0, 0.05) is 17.9 Å². The van der Waals surface area contributed by atoms with Crippen molar-refractivity contribution in [2.75, 3.05) is 27.1 Å². The Kier molecular flexibility index (Phi) is 6.28. The first kappa shape index (κ1) is 19.2. The second kappa shape index (κ2) is 8.85. The summed E-state index contributed by atoms with van der Waals surface area (Å²) < 4.78 is 23.9. The summed E-state index contributed by atoms with van der Waals surface area (Å²) in [5, 5.41) is 4.30. The third kappa shape index (κ3) is 4.21. The summed E-state index contributed by atoms with van der Waals surface area (Å²) in [6.45, 7) is 2.46. The van der Waals surface area contributed by atoms with Crippen LogP contribution in [0.2, 0.25) is 0 Å². The molecule has 2 aromatic heterocycles. The average Bonchev–Trinajstić information content (AvgIpc) is 3.18. The molecule has 27 heavy (non-hydrogen) atoms. The highest BCUT2D eigenvalue weighted by atomic mass is 32.2. The van der Waals surface area contributed by atoms with Crippen molar-refractivity contribution in [2.24, 2.45) is 0 Å². The van der Waals surface area contributed by atoms with Gasteiger partial charge < -0.3 is 18.9 Å². The third-order valence-corrected chi connectivity index (χ3v) is 4.85. The molecule has 8 heteroatoms. The number of ether oxygens (including phenoxy) is 4. The maximum Gasteiger partial charge on any atom is 0.218 e. The zero-order valence-corrected chi connectivity index (χ0v) is 16.7. The number of fused-ring (bicyclic) bond motifs is 1. The van der Waals surface area contributed by atoms with Gasteiger partial charge in [0.15, 0.2) is 17.1 Å². The van der Waals surface area contributed by atoms with E-state index in [1.807, 2.05) is 36.0 Å². The number of methoxy groups -OCH3 is 3. The van der Waals surface area contributed by atoms with Crippen LogP contribution >= 0.6 is 11.8 Å². The molecule has 0 atom stereocenters. The van der Waals surface area contributed by atoms with Crippen LogP contribution in [0.3, 0.4) is 0 Å². The Hall–Kier alpha value is -2.61. The minimum absolute atomic E-state index is 0.329. The second-order valence-corrected chi connectivity index (χ2v) is 6.92. The van der Waals surface area contributed by atoms with Crippen LogP contribution < -0.4 is 18.9 Å². The largest absolute Gasteiger partial charge is 0.493 e. The van der Waals surface area contributed by atoms with Gasteiger partial charge in [0.2, 0.25) is 11.6 Å². The van der Waals surface area contributed by atoms with Gasteiger partial charge in [-0.3, -0.25) is 0 Å². The summed E-state index contributed by atoms with van der Waals surface area (Å²) in [6, 6.07) is 7.54. The first-order valence-electron chi connectivity index (χ1n) is 8.53. The topological polar surface area (TPSA) is 67.1 Å². The molecule has 0 radical (unpaired) electrons. The Morgan fingerprint density at radius 2 is 1.78 bits per heavy atom. The lowest BCUT2D eigenvalue weighted by molar-refractivity contribution is 0.281. The summed E-state index contributed by atoms with van der Waals surface area (Å²) in [7, 11) is 4.77. The number of aromatic nitrogens is 3. The van der Waals surface area contributed by atoms with Crippen molar-refractivity contribution in [3.63, 3.8) is 0 Å². The highest BCUT2D eigenvalue weighted by Crippen LogP contribution is 2.38. The van der Waals surface area contributed by atoms with Crippen molar-refractivity contribution < 1.29 is 18.9 Å². The number of benzene rings is 1. The number of thioether (sulfide) groups is 1. The van der Waals surface area contributed by atoms with Gasteiger partial charge in [-0.05, 0) is 23.4 Å². The molecule has 0 saturated carbocycles. The van der Waals surface area contributed by atoms with E-state index in [0.29, 0.717) is 29.7 Å². The van der Waals surface area contributed by atoms with E-state index in [9.17, 15) is 0 Å². The Morgan fingerprint density at radius 1 is 1.04 bits per heavy atom. The second-order valence-electron chi connectivity index (χ2n) is 5.65. The fourth-order valence-electron chi connectivity index (χ4n) is 2.69. The summed E-state index contributed by atoms with van der Waals surface area (Å²) >= 11 is 1.81. The zero-order valence-electron chi connectivity index (χ0n) is 15.9. The average molecular weight is 389 g/mol. The molecule has 3 rings (SSSR count). The number of hydrogen-bond acceptors (Lipinski definition) is 7. The molecule has 2 heterocycles. The fourth-order valence-corrected chi connectivity index (χ4v) is 3.25. The van der Waals surface area contributed by atoms with Crippen molar-refractivity contribution in [1.82, 2.24) is 14.6 Å². The Balaban J connectivity index is 1.87. The fraction of sp³-hybridized carbons (Fsp3) is 0.368. The molecule has 0 aliphatic heterocycles. The molecule has 0 fully saturated rings. The first-order valence-corrected chi connectivity index (χ1v) is 9.68. The molecular weight excluding hydrogens is 366 g/mol. The van der Waals surface area contributed by atoms with Gasteiger partial charge >= 0.3 is 0 Å². The standard InChI is InChI=1S/C19H23N3O4S/c1-5-27-12-14-10-18(22-17(21-14)6-7-20-22)26-11-13-8-15(23-2)19(25-4)16(9-13)24-3/h6-10H,5,11-12H2,1-4H3. The van der Waals surface area contributed by atoms with E-state index in [0.717, 1.165) is 28.4 Å². The highest BCUT2D eigenvalue weighted by molar-refractivity contribution is 7.98. The Labute approximate surface area is 162 Å². The van der Waals surface area contributed by atoms with Crippen molar-refractivity contribution in [1.29, 1.82) is 0 Å². The predicted molar refractivity (Wildman–Crippen MR) is 105 cm³/mol. The lowest BCUT2D eigenvalue weighted by Crippen LogP contribution is -2.05. The number of hydrogen-bond donors (Lipinski definition) is 0. The van der Waals surface area contributed by atoms with Crippen LogP contribution in [0.5, 0.6) is 23.1 Å². The van der Waals surface area contributed by atoms with Gasteiger partial charge in [-0.25, -0.2) is 4.98 Å². The van der Waals surface area contributed by atoms with E-state index in [1.54, 1.807) is 32.0 Å². The molecule has 0 spiro atoms. The molecule has 0 aliphatic rings. The quantitative estimate of drug-likeness (QED) is 0.554. The Bertz CT molecular complexity index is 888. The molecule has 0 unspecified atom stereocenters. The van der Waals surface area contributed by atoms with E-state index in [4.69, 9.17) is 18.9 Å². The summed E-state index contributed by atoms with van der Waals surface area (Å²) in [6.07, 6.45) is 1.71. The first-order chi connectivity index (χ1) is 13.2. The van der Waals surface area contributed by atoms with Gasteiger partial charge in [0.1, 0.15) is 6.61 Å². The maximum absolute atomic E-state index is 6.06. The van der Waals surface area contributed by atoms with E-state index < -0.39 is 0 Å². The van der Waals surface area contributed by atoms with Gasteiger partial charge in [-0.2, -0.15) is 21.4 Å². The van der Waals surface area contributed by atoms with Crippen LogP contribution in [0.4, 0.5) is 0 Å². The lowest BCUT2D eigenvalue weighted by atomic mass is 10.2. The SMILES string of the molecule is CCSCc1cc(OCc2cc(OC)c(OC)c(OC)c2)n2nccc2n1. The zero-order chi connectivity index (χ0) is 19.2. The highest BCUT2D eigenvalue weighted by Gasteiger charge is 2.14. The molecule has 0 aliphatic carbocycles. The van der Waals surface area contributed by atoms with Crippen molar-refractivity contribution in [2.45, 2.75) is 19.3 Å². The van der Waals surface area contributed by atoms with Crippen LogP contribution in [0, 0.1) is 0 Å². The van der Waals surface area contributed by atoms with Gasteiger partial charge in [-0.15, -0.1) is 0 Å². The van der Waals surface area contributed by atoms with Crippen LogP contribution in [0.15, 0.2) is 30.5 Å². The molecule has 0 amide bonds. The molecule has 144 valence electrons. The molecule has 0 N–H and O–H groups in total. The number of rotatable bonds is 9. The summed E-state index contributed by atoms with van der Waals surface area (Å²) in [5.41, 5.74) is 2.63. The molecule has 0 bridgehead atoms. The van der Waals surface area contributed by atoms with Crippen molar-refractivity contribution in [3.8, 4) is 23.1 Å². The van der Waals surface area contributed by atoms with E-state index in [1.165, 1.54) is 0 Å². The van der Waals surface area contributed by atoms with Crippen molar-refractivity contribution >= 4 is 17.4 Å². The monoisotopic (exact) mass is 389 g/mol. The Morgan fingerprint density at radius 3 is 2.41 bits per heavy atom. The third-order valence-electron chi connectivity index (χ3n) is 3.95. The smallest absolute Gasteiger partial charge is 0.218 e. The summed E-state index contributed by atoms with van der Waals surface area (Å²) in [4.78, 5) is 4.61. The molecule has 1 aromatic carbocycles. The van der Waals surface area contributed by atoms with Crippen LogP contribution in [0.25, 0.3) is 5.65 Å². The minimum atomic E-state index is 0.329. The van der Waals surface area contributed by atoms with Crippen LogP contribution in [0.1, 0.15) is 18.2 Å². The lowest BCUT2D eigenvalue weighted by Gasteiger charge is -2.15. The minimum Gasteiger partial charge on any atom is -0.493 e. The van der Waals surface area contributed by atoms with E-state index in [2.05, 4.69) is 17.0 Å². The van der Waals surface area contributed by atoms with Gasteiger partial charge in [0.25, 0.3) is 0 Å². The maximum atomic E-state index is 6.06. The molecule has 3 aromatic rings.